The summed E-state index contributed by atoms with van der Waals surface area (Å²) < 4.78 is 18.0. The number of methoxy groups -OCH3 is 1. The van der Waals surface area contributed by atoms with E-state index in [1.54, 1.807) is 0 Å². The minimum atomic E-state index is -0.708. The molecule has 0 aliphatic heterocycles. The van der Waals surface area contributed by atoms with Crippen molar-refractivity contribution in [3.05, 3.63) is 29.1 Å². The van der Waals surface area contributed by atoms with Crippen LogP contribution in [0.1, 0.15) is 27.6 Å². The summed E-state index contributed by atoms with van der Waals surface area (Å²) in [5.41, 5.74) is -0.264. The third kappa shape index (κ3) is 1.64. The second-order valence-corrected chi connectivity index (χ2v) is 2.71. The number of hydrogen-bond donors (Lipinski definition) is 0. The number of halogens is 1. The highest BCUT2D eigenvalue weighted by molar-refractivity contribution is 6.03. The van der Waals surface area contributed by atoms with Crippen molar-refractivity contribution in [1.29, 1.82) is 0 Å². The second-order valence-electron chi connectivity index (χ2n) is 2.71. The molecule has 4 heteroatoms. The molecule has 0 heterocycles. The SMILES string of the molecule is COc1ccc(F)c(C(C)=O)c1C=O. The van der Waals surface area contributed by atoms with Crippen LogP contribution in [0.25, 0.3) is 0 Å². The quantitative estimate of drug-likeness (QED) is 0.547. The van der Waals surface area contributed by atoms with Crippen molar-refractivity contribution in [2.45, 2.75) is 6.92 Å². The predicted octanol–water partition coefficient (Wildman–Crippen LogP) is 1.85. The summed E-state index contributed by atoms with van der Waals surface area (Å²) in [4.78, 5) is 21.7. The van der Waals surface area contributed by atoms with Crippen molar-refractivity contribution in [2.75, 3.05) is 7.11 Å². The zero-order chi connectivity index (χ0) is 10.7. The highest BCUT2D eigenvalue weighted by Gasteiger charge is 2.16. The van der Waals surface area contributed by atoms with Crippen molar-refractivity contribution >= 4 is 12.1 Å². The van der Waals surface area contributed by atoms with Crippen LogP contribution in [0.2, 0.25) is 0 Å². The number of rotatable bonds is 3. The molecule has 1 aromatic rings. The maximum atomic E-state index is 13.2. The number of aldehydes is 1. The van der Waals surface area contributed by atoms with Crippen LogP contribution in [0.3, 0.4) is 0 Å². The molecule has 0 aliphatic carbocycles. The molecule has 0 aromatic heterocycles. The lowest BCUT2D eigenvalue weighted by molar-refractivity contribution is 0.1000. The van der Waals surface area contributed by atoms with Gasteiger partial charge in [0.25, 0.3) is 0 Å². The first-order valence-electron chi connectivity index (χ1n) is 3.94. The topological polar surface area (TPSA) is 43.4 Å². The fourth-order valence-electron chi connectivity index (χ4n) is 1.23. The predicted molar refractivity (Wildman–Crippen MR) is 48.3 cm³/mol. The van der Waals surface area contributed by atoms with Crippen molar-refractivity contribution in [3.63, 3.8) is 0 Å². The van der Waals surface area contributed by atoms with Gasteiger partial charge >= 0.3 is 0 Å². The lowest BCUT2D eigenvalue weighted by Crippen LogP contribution is -2.05. The van der Waals surface area contributed by atoms with Gasteiger partial charge in [0, 0.05) is 0 Å². The van der Waals surface area contributed by atoms with E-state index < -0.39 is 11.6 Å². The minimum Gasteiger partial charge on any atom is -0.496 e. The molecule has 0 saturated heterocycles. The van der Waals surface area contributed by atoms with E-state index >= 15 is 0 Å². The Hall–Kier alpha value is -1.71. The fraction of sp³-hybridized carbons (Fsp3) is 0.200. The van der Waals surface area contributed by atoms with Crippen molar-refractivity contribution < 1.29 is 18.7 Å². The van der Waals surface area contributed by atoms with Crippen LogP contribution >= 0.6 is 0 Å². The third-order valence-electron chi connectivity index (χ3n) is 1.84. The average Bonchev–Trinajstić information content (AvgIpc) is 2.16. The number of hydrogen-bond acceptors (Lipinski definition) is 3. The summed E-state index contributed by atoms with van der Waals surface area (Å²) in [6.45, 7) is 1.20. The Bertz CT molecular complexity index is 385. The Balaban J connectivity index is 3.50. The Labute approximate surface area is 80.5 Å². The van der Waals surface area contributed by atoms with Gasteiger partial charge in [-0.1, -0.05) is 0 Å². The van der Waals surface area contributed by atoms with Gasteiger partial charge in [0.2, 0.25) is 0 Å². The normalized spacial score (nSPS) is 9.64. The zero-order valence-corrected chi connectivity index (χ0v) is 7.83. The Kier molecular flexibility index (Phi) is 2.96. The number of carbonyl (C=O) groups excluding carboxylic acids is 2. The van der Waals surface area contributed by atoms with Crippen LogP contribution in [0.4, 0.5) is 4.39 Å². The summed E-state index contributed by atoms with van der Waals surface area (Å²) in [6.07, 6.45) is 0.415. The molecule has 0 bridgehead atoms. The van der Waals surface area contributed by atoms with Crippen molar-refractivity contribution in [1.82, 2.24) is 0 Å². The van der Waals surface area contributed by atoms with E-state index in [0.717, 1.165) is 6.07 Å². The van der Waals surface area contributed by atoms with Crippen molar-refractivity contribution in [3.8, 4) is 5.75 Å². The maximum absolute atomic E-state index is 13.2. The van der Waals surface area contributed by atoms with Gasteiger partial charge in [0.05, 0.1) is 18.2 Å². The van der Waals surface area contributed by atoms with Gasteiger partial charge in [-0.3, -0.25) is 9.59 Å². The monoisotopic (exact) mass is 196 g/mol. The smallest absolute Gasteiger partial charge is 0.163 e. The van der Waals surface area contributed by atoms with Gasteiger partial charge in [-0.2, -0.15) is 0 Å². The highest BCUT2D eigenvalue weighted by atomic mass is 19.1. The number of benzene rings is 1. The summed E-state index contributed by atoms with van der Waals surface area (Å²) in [5, 5.41) is 0. The van der Waals surface area contributed by atoms with Gasteiger partial charge < -0.3 is 4.74 Å². The molecule has 0 saturated carbocycles. The highest BCUT2D eigenvalue weighted by Crippen LogP contribution is 2.23. The molecule has 0 radical (unpaired) electrons. The molecule has 14 heavy (non-hydrogen) atoms. The van der Waals surface area contributed by atoms with Crippen LogP contribution in [0.15, 0.2) is 12.1 Å². The molecule has 74 valence electrons. The first kappa shape index (κ1) is 10.4. The number of ether oxygens (including phenoxy) is 1. The largest absolute Gasteiger partial charge is 0.496 e. The van der Waals surface area contributed by atoms with Gasteiger partial charge in [-0.25, -0.2) is 4.39 Å². The molecule has 0 N–H and O–H groups in total. The van der Waals surface area contributed by atoms with Gasteiger partial charge in [-0.15, -0.1) is 0 Å². The molecule has 1 rings (SSSR count). The Morgan fingerprint density at radius 1 is 1.50 bits per heavy atom. The van der Waals surface area contributed by atoms with Gasteiger partial charge in [0.15, 0.2) is 12.1 Å². The zero-order valence-electron chi connectivity index (χ0n) is 7.83. The van der Waals surface area contributed by atoms with E-state index in [1.165, 1.54) is 20.1 Å². The first-order valence-corrected chi connectivity index (χ1v) is 3.94. The standard InChI is InChI=1S/C10H9FO3/c1-6(13)10-7(5-12)9(14-2)4-3-8(10)11/h3-5H,1-2H3. The lowest BCUT2D eigenvalue weighted by Gasteiger charge is -2.07. The molecule has 0 amide bonds. The van der Waals surface area contributed by atoms with Gasteiger partial charge in [-0.05, 0) is 19.1 Å². The van der Waals surface area contributed by atoms with Crippen LogP contribution in [0, 0.1) is 5.82 Å². The molecule has 3 nitrogen and oxygen atoms in total. The van der Waals surface area contributed by atoms with Crippen LogP contribution in [-0.2, 0) is 0 Å². The van der Waals surface area contributed by atoms with E-state index in [1.807, 2.05) is 0 Å². The molecule has 0 atom stereocenters. The van der Waals surface area contributed by atoms with E-state index in [-0.39, 0.29) is 16.9 Å². The first-order chi connectivity index (χ1) is 6.61. The van der Waals surface area contributed by atoms with Crippen LogP contribution < -0.4 is 4.74 Å². The Morgan fingerprint density at radius 3 is 2.57 bits per heavy atom. The van der Waals surface area contributed by atoms with Crippen LogP contribution in [0.5, 0.6) is 5.75 Å². The van der Waals surface area contributed by atoms with Crippen LogP contribution in [-0.4, -0.2) is 19.2 Å². The van der Waals surface area contributed by atoms with E-state index in [4.69, 9.17) is 4.74 Å². The van der Waals surface area contributed by atoms with E-state index in [9.17, 15) is 14.0 Å². The second kappa shape index (κ2) is 4.00. The number of carbonyl (C=O) groups is 2. The minimum absolute atomic E-state index is 0.0417. The molecule has 0 unspecified atom stereocenters. The summed E-state index contributed by atoms with van der Waals surface area (Å²) >= 11 is 0. The van der Waals surface area contributed by atoms with E-state index in [0.29, 0.717) is 6.29 Å². The summed E-state index contributed by atoms with van der Waals surface area (Å²) in [5.74, 6) is -1.00. The van der Waals surface area contributed by atoms with Gasteiger partial charge in [0.1, 0.15) is 11.6 Å². The molecule has 0 spiro atoms. The lowest BCUT2D eigenvalue weighted by atomic mass is 10.0. The molecular weight excluding hydrogens is 187 g/mol. The summed E-state index contributed by atoms with van der Waals surface area (Å²) in [7, 11) is 1.35. The fourth-order valence-corrected chi connectivity index (χ4v) is 1.23. The molecule has 1 aromatic carbocycles. The third-order valence-corrected chi connectivity index (χ3v) is 1.84. The summed E-state index contributed by atoms with van der Waals surface area (Å²) in [6, 6.07) is 2.41. The average molecular weight is 196 g/mol. The van der Waals surface area contributed by atoms with E-state index in [2.05, 4.69) is 0 Å². The molecular formula is C10H9FO3. The molecule has 0 fully saturated rings. The maximum Gasteiger partial charge on any atom is 0.163 e. The number of Topliss-reactive ketones (excluding diaryl/α,β-unsaturated/α-hetero) is 1. The number of ketones is 1. The molecule has 0 aliphatic rings. The Morgan fingerprint density at radius 2 is 2.14 bits per heavy atom. The van der Waals surface area contributed by atoms with Crippen molar-refractivity contribution in [2.24, 2.45) is 0 Å².